The van der Waals surface area contributed by atoms with Crippen molar-refractivity contribution in [2.75, 3.05) is 13.1 Å². The van der Waals surface area contributed by atoms with Gasteiger partial charge in [-0.15, -0.1) is 0 Å². The summed E-state index contributed by atoms with van der Waals surface area (Å²) in [4.78, 5) is 20.4. The molecule has 2 aromatic heterocycles. The number of aromatic amines is 1. The van der Waals surface area contributed by atoms with Gasteiger partial charge in [-0.2, -0.15) is 0 Å². The third-order valence-corrected chi connectivity index (χ3v) is 6.33. The predicted octanol–water partition coefficient (Wildman–Crippen LogP) is 4.47. The van der Waals surface area contributed by atoms with E-state index >= 15 is 0 Å². The summed E-state index contributed by atoms with van der Waals surface area (Å²) in [5.74, 6) is 1.76. The molecule has 0 aliphatic carbocycles. The maximum atomic E-state index is 12.9. The van der Waals surface area contributed by atoms with E-state index in [2.05, 4.69) is 44.9 Å². The molecule has 6 nitrogen and oxygen atoms in total. The molecule has 3 heterocycles. The van der Waals surface area contributed by atoms with Crippen LogP contribution in [-0.4, -0.2) is 35.0 Å². The maximum absolute atomic E-state index is 12.9. The van der Waals surface area contributed by atoms with Crippen molar-refractivity contribution in [1.29, 1.82) is 0 Å². The third kappa shape index (κ3) is 4.61. The van der Waals surface area contributed by atoms with E-state index in [4.69, 9.17) is 4.74 Å². The molecule has 0 unspecified atom stereocenters. The molecule has 1 saturated heterocycles. The van der Waals surface area contributed by atoms with E-state index in [1.165, 1.54) is 5.56 Å². The van der Waals surface area contributed by atoms with Gasteiger partial charge in [0.05, 0.1) is 11.4 Å². The first-order chi connectivity index (χ1) is 16.2. The Bertz CT molecular complexity index is 1230. The number of carbonyl (C=O) groups is 1. The van der Waals surface area contributed by atoms with Crippen LogP contribution in [0.3, 0.4) is 0 Å². The van der Waals surface area contributed by atoms with Crippen molar-refractivity contribution in [3.05, 3.63) is 89.7 Å². The minimum atomic E-state index is -0.213. The van der Waals surface area contributed by atoms with Gasteiger partial charge < -0.3 is 20.4 Å². The van der Waals surface area contributed by atoms with Gasteiger partial charge in [0.1, 0.15) is 17.1 Å². The molecule has 5 rings (SSSR count). The van der Waals surface area contributed by atoms with Gasteiger partial charge in [-0.05, 0) is 61.2 Å². The highest BCUT2D eigenvalue weighted by molar-refractivity contribution is 5.86. The molecular weight excluding hydrogens is 412 g/mol. The van der Waals surface area contributed by atoms with Gasteiger partial charge in [0.2, 0.25) is 5.91 Å². The van der Waals surface area contributed by atoms with E-state index in [0.717, 1.165) is 53.0 Å². The number of hydrogen-bond donors (Lipinski definition) is 3. The molecule has 0 radical (unpaired) electrons. The van der Waals surface area contributed by atoms with Crippen LogP contribution in [-0.2, 0) is 11.2 Å². The van der Waals surface area contributed by atoms with E-state index in [-0.39, 0.29) is 17.9 Å². The third-order valence-electron chi connectivity index (χ3n) is 6.33. The zero-order valence-corrected chi connectivity index (χ0v) is 18.7. The number of benzene rings is 2. The Kier molecular flexibility index (Phi) is 6.09. The highest BCUT2D eigenvalue weighted by Gasteiger charge is 2.33. The van der Waals surface area contributed by atoms with Crippen LogP contribution in [0.5, 0.6) is 11.5 Å². The number of aryl methyl sites for hydroxylation is 1. The first kappa shape index (κ1) is 21.2. The number of aromatic nitrogens is 2. The Morgan fingerprint density at radius 3 is 2.76 bits per heavy atom. The molecule has 0 bridgehead atoms. The van der Waals surface area contributed by atoms with Gasteiger partial charge in [-0.1, -0.05) is 42.5 Å². The fourth-order valence-electron chi connectivity index (χ4n) is 4.60. The average molecular weight is 441 g/mol. The Hall–Kier alpha value is -3.64. The lowest BCUT2D eigenvalue weighted by atomic mass is 9.91. The van der Waals surface area contributed by atoms with Crippen LogP contribution in [0.4, 0.5) is 0 Å². The summed E-state index contributed by atoms with van der Waals surface area (Å²) < 4.78 is 6.16. The average Bonchev–Trinajstić information content (AvgIpc) is 3.48. The van der Waals surface area contributed by atoms with Gasteiger partial charge >= 0.3 is 0 Å². The van der Waals surface area contributed by atoms with Crippen LogP contribution in [0.2, 0.25) is 0 Å². The van der Waals surface area contributed by atoms with Crippen molar-refractivity contribution in [3.8, 4) is 11.5 Å². The number of hydrogen-bond acceptors (Lipinski definition) is 4. The topological polar surface area (TPSA) is 79.0 Å². The summed E-state index contributed by atoms with van der Waals surface area (Å²) in [6, 6.07) is 20.0. The highest BCUT2D eigenvalue weighted by Crippen LogP contribution is 2.33. The summed E-state index contributed by atoms with van der Waals surface area (Å²) in [6.45, 7) is 3.51. The molecule has 2 atom stereocenters. The van der Waals surface area contributed by atoms with Crippen LogP contribution in [0.1, 0.15) is 29.0 Å². The molecular formula is C27H28N4O2. The van der Waals surface area contributed by atoms with Crippen molar-refractivity contribution in [3.63, 3.8) is 0 Å². The second kappa shape index (κ2) is 9.46. The normalized spacial score (nSPS) is 17.8. The number of carbonyl (C=O) groups excluding carboxylic acids is 1. The second-order valence-electron chi connectivity index (χ2n) is 8.53. The molecule has 4 aromatic rings. The lowest BCUT2D eigenvalue weighted by Gasteiger charge is -2.20. The summed E-state index contributed by atoms with van der Waals surface area (Å²) in [5.41, 5.74) is 4.29. The van der Waals surface area contributed by atoms with E-state index in [1.54, 1.807) is 6.20 Å². The van der Waals surface area contributed by atoms with Gasteiger partial charge in [-0.25, -0.2) is 4.98 Å². The largest absolute Gasteiger partial charge is 0.457 e. The molecule has 0 spiro atoms. The quantitative estimate of drug-likeness (QED) is 0.396. The van der Waals surface area contributed by atoms with E-state index in [9.17, 15) is 4.79 Å². The van der Waals surface area contributed by atoms with Crippen molar-refractivity contribution in [2.24, 2.45) is 0 Å². The summed E-state index contributed by atoms with van der Waals surface area (Å²) in [6.07, 6.45) is 5.45. The number of rotatable bonds is 7. The highest BCUT2D eigenvalue weighted by atomic mass is 16.5. The second-order valence-corrected chi connectivity index (χ2v) is 8.53. The number of pyridine rings is 1. The van der Waals surface area contributed by atoms with E-state index < -0.39 is 0 Å². The zero-order chi connectivity index (χ0) is 22.6. The van der Waals surface area contributed by atoms with E-state index in [1.807, 2.05) is 49.5 Å². The molecule has 168 valence electrons. The number of amides is 1. The zero-order valence-electron chi connectivity index (χ0n) is 18.7. The lowest BCUT2D eigenvalue weighted by molar-refractivity contribution is -0.123. The van der Waals surface area contributed by atoms with Crippen molar-refractivity contribution < 1.29 is 9.53 Å². The maximum Gasteiger partial charge on any atom is 0.237 e. The summed E-state index contributed by atoms with van der Waals surface area (Å²) in [7, 11) is 0. The first-order valence-electron chi connectivity index (χ1n) is 11.4. The number of nitrogens with one attached hydrogen (secondary N) is 3. The Morgan fingerprint density at radius 2 is 1.94 bits per heavy atom. The minimum Gasteiger partial charge on any atom is -0.457 e. The summed E-state index contributed by atoms with van der Waals surface area (Å²) >= 11 is 0. The monoisotopic (exact) mass is 440 g/mol. The SMILES string of the molecule is Cc1c[nH]c2nccc(Oc3ccc([C@H]4CCN[C@@H]4C(=O)NCCc4ccccc4)cc3)c12. The fourth-order valence-corrected chi connectivity index (χ4v) is 4.60. The number of fused-ring (bicyclic) bond motifs is 1. The molecule has 1 fully saturated rings. The van der Waals surface area contributed by atoms with Gasteiger partial charge in [0.15, 0.2) is 0 Å². The fraction of sp³-hybridized carbons (Fsp3) is 0.259. The Morgan fingerprint density at radius 1 is 1.12 bits per heavy atom. The Balaban J connectivity index is 1.23. The lowest BCUT2D eigenvalue weighted by Crippen LogP contribution is -2.43. The molecule has 1 amide bonds. The molecule has 1 aliphatic heterocycles. The van der Waals surface area contributed by atoms with Gasteiger partial charge in [-0.3, -0.25) is 4.79 Å². The van der Waals surface area contributed by atoms with Crippen LogP contribution >= 0.6 is 0 Å². The van der Waals surface area contributed by atoms with Crippen molar-refractivity contribution in [1.82, 2.24) is 20.6 Å². The first-order valence-corrected chi connectivity index (χ1v) is 11.4. The van der Waals surface area contributed by atoms with Crippen molar-refractivity contribution in [2.45, 2.75) is 31.7 Å². The molecule has 0 saturated carbocycles. The summed E-state index contributed by atoms with van der Waals surface area (Å²) in [5, 5.41) is 7.47. The molecule has 2 aromatic carbocycles. The number of ether oxygens (including phenoxy) is 1. The number of nitrogens with zero attached hydrogens (tertiary/aromatic N) is 1. The molecule has 1 aliphatic rings. The minimum absolute atomic E-state index is 0.0656. The van der Waals surface area contributed by atoms with Gasteiger partial charge in [0.25, 0.3) is 0 Å². The smallest absolute Gasteiger partial charge is 0.237 e. The molecule has 33 heavy (non-hydrogen) atoms. The van der Waals surface area contributed by atoms with Crippen LogP contribution < -0.4 is 15.4 Å². The van der Waals surface area contributed by atoms with Crippen LogP contribution in [0.15, 0.2) is 73.1 Å². The van der Waals surface area contributed by atoms with Crippen LogP contribution in [0, 0.1) is 6.92 Å². The van der Waals surface area contributed by atoms with Crippen molar-refractivity contribution >= 4 is 16.9 Å². The van der Waals surface area contributed by atoms with Crippen LogP contribution in [0.25, 0.3) is 11.0 Å². The predicted molar refractivity (Wildman–Crippen MR) is 130 cm³/mol. The molecule has 3 N–H and O–H groups in total. The molecule has 6 heteroatoms. The van der Waals surface area contributed by atoms with E-state index in [0.29, 0.717) is 6.54 Å². The number of H-pyrrole nitrogens is 1. The van der Waals surface area contributed by atoms with Gasteiger partial charge in [0, 0.05) is 24.9 Å². The standard InChI is InChI=1S/C27H28N4O2/c1-18-17-31-26-24(18)23(13-16-29-26)33-21-9-7-20(8-10-21)22-12-15-28-25(22)27(32)30-14-11-19-5-3-2-4-6-19/h2-10,13,16-17,22,25,28H,11-12,14-15H2,1H3,(H,29,31)(H,30,32)/t22-,25+/m1/s1. The Labute approximate surface area is 193 Å².